The maximum absolute atomic E-state index is 12.1. The molecule has 1 heterocycles. The van der Waals surface area contributed by atoms with Gasteiger partial charge in [-0.1, -0.05) is 11.6 Å². The molecular formula is C20H25ClN3O3+. The fourth-order valence-corrected chi connectivity index (χ4v) is 3.29. The lowest BCUT2D eigenvalue weighted by molar-refractivity contribution is -0.880. The normalized spacial score (nSPS) is 14.7. The maximum Gasteiger partial charge on any atom is 0.262 e. The minimum absolute atomic E-state index is 0.0765. The number of nitrogens with one attached hydrogen (secondary N) is 2. The summed E-state index contributed by atoms with van der Waals surface area (Å²) in [6.07, 6.45) is 0. The number of rotatable bonds is 6. The van der Waals surface area contributed by atoms with E-state index < -0.39 is 0 Å². The van der Waals surface area contributed by atoms with Gasteiger partial charge in [0.1, 0.15) is 11.5 Å². The average Bonchev–Trinajstić information content (AvgIpc) is 2.68. The smallest absolute Gasteiger partial charge is 0.262 e. The van der Waals surface area contributed by atoms with Crippen molar-refractivity contribution in [2.75, 3.05) is 57.2 Å². The molecule has 2 aromatic rings. The minimum atomic E-state index is -0.238. The first-order chi connectivity index (χ1) is 13.0. The molecule has 2 N–H and O–H groups in total. The molecule has 0 bridgehead atoms. The fourth-order valence-electron chi connectivity index (χ4n) is 2.99. The van der Waals surface area contributed by atoms with Gasteiger partial charge in [-0.3, -0.25) is 4.79 Å². The molecular weight excluding hydrogens is 366 g/mol. The Labute approximate surface area is 164 Å². The van der Waals surface area contributed by atoms with Crippen molar-refractivity contribution in [3.05, 3.63) is 47.5 Å². The standard InChI is InChI=1S/C20H24ClN3O3/c1-23-9-11-24(12-10-23)19-8-3-15(13-18(19)21)22-20(25)14-27-17-6-4-16(26-2)5-7-17/h3-8,13H,9-12,14H2,1-2H3,(H,22,25)/p+1. The highest BCUT2D eigenvalue weighted by molar-refractivity contribution is 6.33. The molecule has 0 atom stereocenters. The van der Waals surface area contributed by atoms with Crippen LogP contribution in [-0.2, 0) is 4.79 Å². The summed E-state index contributed by atoms with van der Waals surface area (Å²) in [4.78, 5) is 15.9. The third kappa shape index (κ3) is 5.28. The lowest BCUT2D eigenvalue weighted by atomic mass is 10.2. The Bertz CT molecular complexity index is 775. The predicted molar refractivity (Wildman–Crippen MR) is 107 cm³/mol. The number of likely N-dealkylation sites (N-methyl/N-ethyl adjacent to an activating group) is 1. The van der Waals surface area contributed by atoms with E-state index in [1.54, 1.807) is 37.4 Å². The SMILES string of the molecule is COc1ccc(OCC(=O)Nc2ccc(N3CC[NH+](C)CC3)c(Cl)c2)cc1. The largest absolute Gasteiger partial charge is 0.497 e. The second kappa shape index (κ2) is 8.97. The van der Waals surface area contributed by atoms with E-state index in [2.05, 4.69) is 17.3 Å². The molecule has 1 aliphatic heterocycles. The number of quaternary nitrogens is 1. The van der Waals surface area contributed by atoms with Gasteiger partial charge in [-0.2, -0.15) is 0 Å². The molecule has 1 amide bonds. The summed E-state index contributed by atoms with van der Waals surface area (Å²) in [5, 5.41) is 3.46. The molecule has 2 aromatic carbocycles. The number of ether oxygens (including phenoxy) is 2. The topological polar surface area (TPSA) is 55.2 Å². The Balaban J connectivity index is 1.53. The first-order valence-electron chi connectivity index (χ1n) is 8.97. The van der Waals surface area contributed by atoms with E-state index in [1.165, 1.54) is 4.90 Å². The molecule has 1 saturated heterocycles. The Morgan fingerprint density at radius 1 is 1.15 bits per heavy atom. The molecule has 1 aliphatic rings. The van der Waals surface area contributed by atoms with Crippen LogP contribution in [0.5, 0.6) is 11.5 Å². The number of amides is 1. The summed E-state index contributed by atoms with van der Waals surface area (Å²) in [6.45, 7) is 4.07. The van der Waals surface area contributed by atoms with Gasteiger partial charge in [0, 0.05) is 5.69 Å². The van der Waals surface area contributed by atoms with Gasteiger partial charge in [-0.15, -0.1) is 0 Å². The molecule has 1 fully saturated rings. The summed E-state index contributed by atoms with van der Waals surface area (Å²) in [7, 11) is 3.80. The van der Waals surface area contributed by atoms with E-state index >= 15 is 0 Å². The van der Waals surface area contributed by atoms with Crippen molar-refractivity contribution >= 4 is 28.9 Å². The van der Waals surface area contributed by atoms with Gasteiger partial charge in [0.25, 0.3) is 5.91 Å². The molecule has 0 aliphatic carbocycles. The van der Waals surface area contributed by atoms with E-state index in [1.807, 2.05) is 12.1 Å². The van der Waals surface area contributed by atoms with Crippen molar-refractivity contribution in [3.63, 3.8) is 0 Å². The van der Waals surface area contributed by atoms with Gasteiger partial charge >= 0.3 is 0 Å². The van der Waals surface area contributed by atoms with Crippen molar-refractivity contribution in [2.45, 2.75) is 0 Å². The highest BCUT2D eigenvalue weighted by Crippen LogP contribution is 2.29. The lowest BCUT2D eigenvalue weighted by Gasteiger charge is -2.32. The van der Waals surface area contributed by atoms with E-state index in [-0.39, 0.29) is 12.5 Å². The third-order valence-electron chi connectivity index (χ3n) is 4.62. The summed E-state index contributed by atoms with van der Waals surface area (Å²) in [5.41, 5.74) is 1.67. The maximum atomic E-state index is 12.1. The van der Waals surface area contributed by atoms with Gasteiger partial charge in [0.05, 0.1) is 51.0 Å². The summed E-state index contributed by atoms with van der Waals surface area (Å²) < 4.78 is 10.6. The first kappa shape index (κ1) is 19.3. The Morgan fingerprint density at radius 2 is 1.81 bits per heavy atom. The second-order valence-corrected chi connectivity index (χ2v) is 7.03. The number of carbonyl (C=O) groups excluding carboxylic acids is 1. The van der Waals surface area contributed by atoms with Crippen molar-refractivity contribution < 1.29 is 19.2 Å². The zero-order valence-electron chi connectivity index (χ0n) is 15.6. The Kier molecular flexibility index (Phi) is 6.42. The fraction of sp³-hybridized carbons (Fsp3) is 0.350. The molecule has 0 saturated carbocycles. The number of halogens is 1. The number of nitrogens with zero attached hydrogens (tertiary/aromatic N) is 1. The average molecular weight is 391 g/mol. The monoisotopic (exact) mass is 390 g/mol. The highest BCUT2D eigenvalue weighted by atomic mass is 35.5. The number of carbonyl (C=O) groups is 1. The van der Waals surface area contributed by atoms with Gasteiger partial charge in [0.2, 0.25) is 0 Å². The van der Waals surface area contributed by atoms with Crippen molar-refractivity contribution in [1.82, 2.24) is 0 Å². The van der Waals surface area contributed by atoms with E-state index in [0.29, 0.717) is 16.5 Å². The predicted octanol–water partition coefficient (Wildman–Crippen LogP) is 1.70. The van der Waals surface area contributed by atoms with Gasteiger partial charge < -0.3 is 24.6 Å². The lowest BCUT2D eigenvalue weighted by Crippen LogP contribution is -3.12. The van der Waals surface area contributed by atoms with Crippen LogP contribution < -0.4 is 24.6 Å². The summed E-state index contributed by atoms with van der Waals surface area (Å²) >= 11 is 6.44. The van der Waals surface area contributed by atoms with Crippen LogP contribution in [0.15, 0.2) is 42.5 Å². The molecule has 0 spiro atoms. The minimum Gasteiger partial charge on any atom is -0.497 e. The zero-order valence-corrected chi connectivity index (χ0v) is 16.4. The third-order valence-corrected chi connectivity index (χ3v) is 4.92. The molecule has 0 radical (unpaired) electrons. The number of hydrogen-bond acceptors (Lipinski definition) is 4. The van der Waals surface area contributed by atoms with Crippen LogP contribution in [-0.4, -0.2) is 52.9 Å². The van der Waals surface area contributed by atoms with Crippen LogP contribution in [0.4, 0.5) is 11.4 Å². The zero-order chi connectivity index (χ0) is 19.2. The van der Waals surface area contributed by atoms with E-state index in [4.69, 9.17) is 21.1 Å². The van der Waals surface area contributed by atoms with E-state index in [0.717, 1.165) is 37.6 Å². The molecule has 144 valence electrons. The summed E-state index contributed by atoms with van der Waals surface area (Å²) in [5.74, 6) is 1.11. The van der Waals surface area contributed by atoms with Gasteiger partial charge in [-0.25, -0.2) is 0 Å². The molecule has 0 unspecified atom stereocenters. The van der Waals surface area contributed by atoms with Crippen LogP contribution in [0.1, 0.15) is 0 Å². The van der Waals surface area contributed by atoms with Crippen molar-refractivity contribution in [1.29, 1.82) is 0 Å². The van der Waals surface area contributed by atoms with E-state index in [9.17, 15) is 4.79 Å². The molecule has 27 heavy (non-hydrogen) atoms. The Hall–Kier alpha value is -2.44. The van der Waals surface area contributed by atoms with Crippen LogP contribution in [0.2, 0.25) is 5.02 Å². The first-order valence-corrected chi connectivity index (χ1v) is 9.35. The number of methoxy groups -OCH3 is 1. The van der Waals surface area contributed by atoms with Crippen LogP contribution >= 0.6 is 11.6 Å². The number of benzene rings is 2. The Morgan fingerprint density at radius 3 is 2.44 bits per heavy atom. The second-order valence-electron chi connectivity index (χ2n) is 6.62. The number of piperazine rings is 1. The molecule has 6 nitrogen and oxygen atoms in total. The van der Waals surface area contributed by atoms with Gasteiger partial charge in [-0.05, 0) is 42.5 Å². The highest BCUT2D eigenvalue weighted by Gasteiger charge is 2.19. The van der Waals surface area contributed by atoms with Crippen LogP contribution in [0.3, 0.4) is 0 Å². The molecule has 3 rings (SSSR count). The number of hydrogen-bond donors (Lipinski definition) is 2. The van der Waals surface area contributed by atoms with Crippen molar-refractivity contribution in [3.8, 4) is 11.5 Å². The van der Waals surface area contributed by atoms with Crippen molar-refractivity contribution in [2.24, 2.45) is 0 Å². The summed E-state index contributed by atoms with van der Waals surface area (Å²) in [6, 6.07) is 12.7. The number of anilines is 2. The van der Waals surface area contributed by atoms with Crippen LogP contribution in [0.25, 0.3) is 0 Å². The van der Waals surface area contributed by atoms with Gasteiger partial charge in [0.15, 0.2) is 6.61 Å². The quantitative estimate of drug-likeness (QED) is 0.788. The van der Waals surface area contributed by atoms with Crippen LogP contribution in [0, 0.1) is 0 Å². The molecule has 0 aromatic heterocycles. The molecule has 7 heteroatoms.